The van der Waals surface area contributed by atoms with Gasteiger partial charge in [0.2, 0.25) is 0 Å². The Kier molecular flexibility index (Phi) is 4.02. The van der Waals surface area contributed by atoms with Crippen LogP contribution in [0, 0.1) is 5.92 Å². The molecule has 0 spiro atoms. The Labute approximate surface area is 115 Å². The van der Waals surface area contributed by atoms with Gasteiger partial charge in [0.05, 0.1) is 0 Å². The van der Waals surface area contributed by atoms with E-state index in [0.29, 0.717) is 22.7 Å². The minimum absolute atomic E-state index is 0.264. The van der Waals surface area contributed by atoms with Crippen molar-refractivity contribution in [2.45, 2.75) is 6.42 Å². The Morgan fingerprint density at radius 3 is 2.47 bits per heavy atom. The highest BCUT2D eigenvalue weighted by molar-refractivity contribution is 6.30. The van der Waals surface area contributed by atoms with Crippen molar-refractivity contribution >= 4 is 23.5 Å². The van der Waals surface area contributed by atoms with Crippen molar-refractivity contribution in [1.29, 1.82) is 0 Å². The summed E-state index contributed by atoms with van der Waals surface area (Å²) in [4.78, 5) is 22.5. The topological polar surface area (TPSA) is 69.2 Å². The van der Waals surface area contributed by atoms with Crippen LogP contribution < -0.4 is 10.4 Å². The number of allylic oxidation sites excluding steroid dienone is 2. The number of halogens is 1. The highest BCUT2D eigenvalue weighted by Crippen LogP contribution is 2.15. The van der Waals surface area contributed by atoms with Gasteiger partial charge in [-0.15, -0.1) is 0 Å². The fourth-order valence-corrected chi connectivity index (χ4v) is 1.82. The normalized spacial score (nSPS) is 17.7. The molecule has 0 saturated carbocycles. The van der Waals surface area contributed by atoms with Crippen molar-refractivity contribution in [3.05, 3.63) is 58.8 Å². The molecule has 1 atom stereocenters. The molecule has 0 saturated heterocycles. The number of carboxylic acid groups (broad SMARTS) is 1. The summed E-state index contributed by atoms with van der Waals surface area (Å²) in [6, 6.07) is 6.50. The molecule has 0 radical (unpaired) electrons. The zero-order valence-corrected chi connectivity index (χ0v) is 10.7. The molecular formula is C14H11ClNO3-. The van der Waals surface area contributed by atoms with Crippen LogP contribution in [0.25, 0.3) is 0 Å². The maximum absolute atomic E-state index is 11.9. The lowest BCUT2D eigenvalue weighted by atomic mass is 9.99. The number of amides is 1. The first-order valence-corrected chi connectivity index (χ1v) is 6.10. The summed E-state index contributed by atoms with van der Waals surface area (Å²) in [6.45, 7) is 0. The first kappa shape index (κ1) is 13.4. The predicted octanol–water partition coefficient (Wildman–Crippen LogP) is 1.28. The third-order valence-electron chi connectivity index (χ3n) is 2.77. The maximum Gasteiger partial charge on any atom is 0.255 e. The van der Waals surface area contributed by atoms with Crippen LogP contribution in [0.3, 0.4) is 0 Å². The second-order valence-electron chi connectivity index (χ2n) is 4.14. The number of carbonyl (C=O) groups is 2. The molecule has 0 aliphatic heterocycles. The van der Waals surface area contributed by atoms with Crippen molar-refractivity contribution in [3.63, 3.8) is 0 Å². The van der Waals surface area contributed by atoms with Gasteiger partial charge >= 0.3 is 0 Å². The van der Waals surface area contributed by atoms with Crippen LogP contribution in [0.5, 0.6) is 0 Å². The summed E-state index contributed by atoms with van der Waals surface area (Å²) in [6.07, 6.45) is 5.05. The summed E-state index contributed by atoms with van der Waals surface area (Å²) in [5, 5.41) is 13.9. The van der Waals surface area contributed by atoms with Crippen molar-refractivity contribution in [2.24, 2.45) is 5.92 Å². The van der Waals surface area contributed by atoms with Gasteiger partial charge in [-0.1, -0.05) is 23.8 Å². The summed E-state index contributed by atoms with van der Waals surface area (Å²) in [5.41, 5.74) is 1.07. The van der Waals surface area contributed by atoms with E-state index in [1.165, 1.54) is 6.08 Å². The van der Waals surface area contributed by atoms with Crippen molar-refractivity contribution in [3.8, 4) is 0 Å². The van der Waals surface area contributed by atoms with Gasteiger partial charge in [-0.3, -0.25) is 4.79 Å². The largest absolute Gasteiger partial charge is 0.550 e. The number of hydrogen-bond donors (Lipinski definition) is 1. The Hall–Kier alpha value is -2.07. The van der Waals surface area contributed by atoms with Gasteiger partial charge in [-0.25, -0.2) is 0 Å². The molecular weight excluding hydrogens is 266 g/mol. The zero-order chi connectivity index (χ0) is 13.8. The van der Waals surface area contributed by atoms with Crippen LogP contribution in [-0.4, -0.2) is 11.9 Å². The van der Waals surface area contributed by atoms with Gasteiger partial charge in [-0.2, -0.15) is 0 Å². The molecule has 2 rings (SSSR count). The van der Waals surface area contributed by atoms with Gasteiger partial charge in [0, 0.05) is 28.2 Å². The average Bonchev–Trinajstić information content (AvgIpc) is 2.40. The van der Waals surface area contributed by atoms with E-state index in [1.54, 1.807) is 36.4 Å². The lowest BCUT2D eigenvalue weighted by Gasteiger charge is -2.17. The van der Waals surface area contributed by atoms with E-state index in [1.807, 2.05) is 0 Å². The van der Waals surface area contributed by atoms with Crippen LogP contribution in [0.2, 0.25) is 5.02 Å². The summed E-state index contributed by atoms with van der Waals surface area (Å²) < 4.78 is 0. The zero-order valence-electron chi connectivity index (χ0n) is 9.93. The monoisotopic (exact) mass is 276 g/mol. The number of aliphatic carboxylic acids is 1. The lowest BCUT2D eigenvalue weighted by Crippen LogP contribution is -2.31. The molecule has 98 valence electrons. The van der Waals surface area contributed by atoms with Gasteiger partial charge in [-0.05, 0) is 36.8 Å². The van der Waals surface area contributed by atoms with E-state index < -0.39 is 11.9 Å². The van der Waals surface area contributed by atoms with Gasteiger partial charge < -0.3 is 15.2 Å². The Morgan fingerprint density at radius 2 is 1.95 bits per heavy atom. The molecule has 1 aliphatic carbocycles. The average molecular weight is 277 g/mol. The molecule has 0 unspecified atom stereocenters. The second kappa shape index (κ2) is 5.71. The third-order valence-corrected chi connectivity index (χ3v) is 3.02. The molecule has 19 heavy (non-hydrogen) atoms. The van der Waals surface area contributed by atoms with Crippen LogP contribution in [0.15, 0.2) is 48.2 Å². The Bertz CT molecular complexity index is 561. The second-order valence-corrected chi connectivity index (χ2v) is 4.58. The van der Waals surface area contributed by atoms with E-state index >= 15 is 0 Å². The highest BCUT2D eigenvalue weighted by Gasteiger charge is 2.12. The minimum Gasteiger partial charge on any atom is -0.550 e. The third kappa shape index (κ3) is 3.45. The molecule has 1 aromatic rings. The molecule has 4 nitrogen and oxygen atoms in total. The van der Waals surface area contributed by atoms with Gasteiger partial charge in [0.15, 0.2) is 0 Å². The molecule has 0 fully saturated rings. The molecule has 0 bridgehead atoms. The van der Waals surface area contributed by atoms with Crippen molar-refractivity contribution in [2.75, 3.05) is 0 Å². The first-order chi connectivity index (χ1) is 9.06. The summed E-state index contributed by atoms with van der Waals surface area (Å²) >= 11 is 5.74. The number of rotatable bonds is 3. The Balaban J connectivity index is 1.99. The van der Waals surface area contributed by atoms with Crippen LogP contribution in [0.1, 0.15) is 16.8 Å². The molecule has 1 N–H and O–H groups in total. The number of benzene rings is 1. The molecule has 1 aliphatic rings. The standard InChI is InChI=1S/C14H12ClNO3/c15-11-5-1-9(2-6-11)13(17)16-12-7-3-10(4-8-12)14(18)19/h1-3,5-8,10H,4H2,(H,16,17)(H,18,19)/p-1/t10-/m1/s1. The van der Waals surface area contributed by atoms with Crippen LogP contribution in [0.4, 0.5) is 0 Å². The van der Waals surface area contributed by atoms with Crippen LogP contribution in [-0.2, 0) is 4.79 Å². The predicted molar refractivity (Wildman–Crippen MR) is 69.3 cm³/mol. The van der Waals surface area contributed by atoms with Gasteiger partial charge in [0.1, 0.15) is 0 Å². The van der Waals surface area contributed by atoms with E-state index in [4.69, 9.17) is 11.6 Å². The molecule has 0 aromatic heterocycles. The van der Waals surface area contributed by atoms with E-state index in [9.17, 15) is 14.7 Å². The Morgan fingerprint density at radius 1 is 1.26 bits per heavy atom. The smallest absolute Gasteiger partial charge is 0.255 e. The van der Waals surface area contributed by atoms with Crippen LogP contribution >= 0.6 is 11.6 Å². The molecule has 0 heterocycles. The summed E-state index contributed by atoms with van der Waals surface area (Å²) in [5.74, 6) is -2.01. The lowest BCUT2D eigenvalue weighted by molar-refractivity contribution is -0.309. The van der Waals surface area contributed by atoms with E-state index in [-0.39, 0.29) is 5.91 Å². The fraction of sp³-hybridized carbons (Fsp3) is 0.143. The number of nitrogens with one attached hydrogen (secondary N) is 1. The number of carboxylic acids is 1. The minimum atomic E-state index is -1.12. The van der Waals surface area contributed by atoms with E-state index in [0.717, 1.165) is 0 Å². The van der Waals surface area contributed by atoms with Crippen molar-refractivity contribution < 1.29 is 14.7 Å². The SMILES string of the molecule is O=C(NC1=CC[C@H](C(=O)[O-])C=C1)c1ccc(Cl)cc1. The molecule has 5 heteroatoms. The maximum atomic E-state index is 11.9. The quantitative estimate of drug-likeness (QED) is 0.904. The summed E-state index contributed by atoms with van der Waals surface area (Å²) in [7, 11) is 0. The molecule has 1 aromatic carbocycles. The fourth-order valence-electron chi connectivity index (χ4n) is 1.69. The highest BCUT2D eigenvalue weighted by atomic mass is 35.5. The number of hydrogen-bond acceptors (Lipinski definition) is 3. The number of carbonyl (C=O) groups excluding carboxylic acids is 2. The first-order valence-electron chi connectivity index (χ1n) is 5.72. The van der Waals surface area contributed by atoms with E-state index in [2.05, 4.69) is 5.32 Å². The van der Waals surface area contributed by atoms with Gasteiger partial charge in [0.25, 0.3) is 5.91 Å². The van der Waals surface area contributed by atoms with Crippen molar-refractivity contribution in [1.82, 2.24) is 5.32 Å². The molecule has 1 amide bonds.